The number of carbonyl (C=O) groups is 2. The fraction of sp³-hybridized carbons (Fsp3) is 0.500. The van der Waals surface area contributed by atoms with E-state index in [9.17, 15) is 9.59 Å². The van der Waals surface area contributed by atoms with E-state index in [4.69, 9.17) is 4.74 Å². The molecule has 1 fully saturated rings. The van der Waals surface area contributed by atoms with Crippen LogP contribution in [0.15, 0.2) is 28.7 Å². The summed E-state index contributed by atoms with van der Waals surface area (Å²) >= 11 is 3.47. The highest BCUT2D eigenvalue weighted by Gasteiger charge is 2.24. The number of anilines is 1. The van der Waals surface area contributed by atoms with E-state index >= 15 is 0 Å². The Kier molecular flexibility index (Phi) is 6.70. The van der Waals surface area contributed by atoms with Crippen LogP contribution < -0.4 is 5.32 Å². The molecule has 1 saturated heterocycles. The number of hydrogen-bond donors (Lipinski definition) is 1. The Labute approximate surface area is 144 Å². The number of amides is 2. The predicted molar refractivity (Wildman–Crippen MR) is 92.4 cm³/mol. The van der Waals surface area contributed by atoms with Crippen LogP contribution in [0.25, 0.3) is 0 Å². The van der Waals surface area contributed by atoms with Crippen molar-refractivity contribution in [3.63, 3.8) is 0 Å². The van der Waals surface area contributed by atoms with Crippen molar-refractivity contribution in [2.45, 2.75) is 13.3 Å². The molecule has 2 amide bonds. The molecule has 0 radical (unpaired) electrons. The van der Waals surface area contributed by atoms with E-state index in [-0.39, 0.29) is 12.0 Å². The second-order valence-corrected chi connectivity index (χ2v) is 6.08. The Morgan fingerprint density at radius 1 is 1.17 bits per heavy atom. The van der Waals surface area contributed by atoms with Gasteiger partial charge >= 0.3 is 6.09 Å². The van der Waals surface area contributed by atoms with Crippen molar-refractivity contribution in [1.82, 2.24) is 9.80 Å². The monoisotopic (exact) mass is 383 g/mol. The van der Waals surface area contributed by atoms with E-state index in [1.165, 1.54) is 0 Å². The van der Waals surface area contributed by atoms with Gasteiger partial charge in [0.2, 0.25) is 5.91 Å². The molecule has 126 valence electrons. The maximum absolute atomic E-state index is 12.2. The van der Waals surface area contributed by atoms with Gasteiger partial charge in [0.25, 0.3) is 0 Å². The number of nitrogens with zero attached hydrogens (tertiary/aromatic N) is 2. The SMILES string of the molecule is CCOC(=O)N1CCN(C(=O)CCNc2ccccc2Br)CC1. The Balaban J connectivity index is 1.71. The highest BCUT2D eigenvalue weighted by Crippen LogP contribution is 2.21. The molecular formula is C16H22BrN3O3. The molecule has 23 heavy (non-hydrogen) atoms. The van der Waals surface area contributed by atoms with Crippen molar-refractivity contribution >= 4 is 33.6 Å². The van der Waals surface area contributed by atoms with Gasteiger partial charge in [-0.2, -0.15) is 0 Å². The molecule has 1 heterocycles. The molecule has 0 saturated carbocycles. The van der Waals surface area contributed by atoms with Gasteiger partial charge in [-0.3, -0.25) is 4.79 Å². The zero-order valence-corrected chi connectivity index (χ0v) is 14.8. The third-order valence-corrected chi connectivity index (χ3v) is 4.38. The number of para-hydroxylation sites is 1. The maximum Gasteiger partial charge on any atom is 0.409 e. The summed E-state index contributed by atoms with van der Waals surface area (Å²) in [6, 6.07) is 7.82. The molecular weight excluding hydrogens is 362 g/mol. The molecule has 0 bridgehead atoms. The van der Waals surface area contributed by atoms with Gasteiger partial charge in [0.15, 0.2) is 0 Å². The topological polar surface area (TPSA) is 61.9 Å². The lowest BCUT2D eigenvalue weighted by Gasteiger charge is -2.34. The van der Waals surface area contributed by atoms with Crippen LogP contribution in [0.5, 0.6) is 0 Å². The van der Waals surface area contributed by atoms with E-state index in [2.05, 4.69) is 21.2 Å². The van der Waals surface area contributed by atoms with Crippen molar-refractivity contribution in [2.24, 2.45) is 0 Å². The Bertz CT molecular complexity index is 545. The molecule has 2 rings (SSSR count). The van der Waals surface area contributed by atoms with E-state index < -0.39 is 0 Å². The molecule has 0 spiro atoms. The summed E-state index contributed by atoms with van der Waals surface area (Å²) in [5.41, 5.74) is 0.979. The highest BCUT2D eigenvalue weighted by atomic mass is 79.9. The Morgan fingerprint density at radius 2 is 1.83 bits per heavy atom. The third-order valence-electron chi connectivity index (χ3n) is 3.69. The first kappa shape index (κ1) is 17.6. The summed E-state index contributed by atoms with van der Waals surface area (Å²) in [5.74, 6) is 0.105. The van der Waals surface area contributed by atoms with Gasteiger partial charge in [0, 0.05) is 49.3 Å². The number of carbonyl (C=O) groups excluding carboxylic acids is 2. The average molecular weight is 384 g/mol. The summed E-state index contributed by atoms with van der Waals surface area (Å²) in [6.07, 6.45) is 0.135. The smallest absolute Gasteiger partial charge is 0.409 e. The van der Waals surface area contributed by atoms with Gasteiger partial charge in [-0.05, 0) is 35.0 Å². The number of piperazine rings is 1. The first-order chi connectivity index (χ1) is 11.1. The third kappa shape index (κ3) is 5.13. The highest BCUT2D eigenvalue weighted by molar-refractivity contribution is 9.10. The van der Waals surface area contributed by atoms with Crippen molar-refractivity contribution in [2.75, 3.05) is 44.6 Å². The molecule has 1 aliphatic heterocycles. The van der Waals surface area contributed by atoms with Crippen LogP contribution in [-0.2, 0) is 9.53 Å². The number of nitrogens with one attached hydrogen (secondary N) is 1. The van der Waals surface area contributed by atoms with Crippen LogP contribution >= 0.6 is 15.9 Å². The fourth-order valence-corrected chi connectivity index (χ4v) is 2.84. The zero-order chi connectivity index (χ0) is 16.7. The average Bonchev–Trinajstić information content (AvgIpc) is 2.57. The predicted octanol–water partition coefficient (Wildman–Crippen LogP) is 2.55. The second-order valence-electron chi connectivity index (χ2n) is 5.22. The molecule has 0 unspecified atom stereocenters. The Morgan fingerprint density at radius 3 is 2.48 bits per heavy atom. The van der Waals surface area contributed by atoms with E-state index in [0.717, 1.165) is 10.2 Å². The molecule has 0 aromatic heterocycles. The van der Waals surface area contributed by atoms with Crippen molar-refractivity contribution in [3.05, 3.63) is 28.7 Å². The van der Waals surface area contributed by atoms with E-state index in [1.807, 2.05) is 24.3 Å². The molecule has 0 atom stereocenters. The first-order valence-corrected chi connectivity index (χ1v) is 8.59. The summed E-state index contributed by atoms with van der Waals surface area (Å²) in [5, 5.41) is 3.25. The lowest BCUT2D eigenvalue weighted by Crippen LogP contribution is -2.50. The molecule has 0 aliphatic carbocycles. The normalized spacial score (nSPS) is 14.5. The van der Waals surface area contributed by atoms with Gasteiger partial charge in [0.1, 0.15) is 0 Å². The van der Waals surface area contributed by atoms with Crippen molar-refractivity contribution in [3.8, 4) is 0 Å². The summed E-state index contributed by atoms with van der Waals surface area (Å²) < 4.78 is 5.95. The summed E-state index contributed by atoms with van der Waals surface area (Å²) in [7, 11) is 0. The van der Waals surface area contributed by atoms with Gasteiger partial charge < -0.3 is 19.9 Å². The molecule has 1 N–H and O–H groups in total. The molecule has 1 aliphatic rings. The summed E-state index contributed by atoms with van der Waals surface area (Å²) in [4.78, 5) is 27.3. The summed E-state index contributed by atoms with van der Waals surface area (Å²) in [6.45, 7) is 4.93. The number of hydrogen-bond acceptors (Lipinski definition) is 4. The van der Waals surface area contributed by atoms with Crippen molar-refractivity contribution in [1.29, 1.82) is 0 Å². The van der Waals surface area contributed by atoms with Crippen LogP contribution in [0.2, 0.25) is 0 Å². The van der Waals surface area contributed by atoms with Crippen LogP contribution in [-0.4, -0.2) is 61.1 Å². The van der Waals surface area contributed by atoms with Crippen LogP contribution in [0.3, 0.4) is 0 Å². The maximum atomic E-state index is 12.2. The molecule has 7 heteroatoms. The minimum atomic E-state index is -0.296. The van der Waals surface area contributed by atoms with E-state index in [0.29, 0.717) is 45.8 Å². The lowest BCUT2D eigenvalue weighted by molar-refractivity contribution is -0.132. The van der Waals surface area contributed by atoms with E-state index in [1.54, 1.807) is 16.7 Å². The van der Waals surface area contributed by atoms with Gasteiger partial charge in [-0.25, -0.2) is 4.79 Å². The van der Waals surface area contributed by atoms with Crippen molar-refractivity contribution < 1.29 is 14.3 Å². The fourth-order valence-electron chi connectivity index (χ4n) is 2.42. The number of benzene rings is 1. The van der Waals surface area contributed by atoms with Gasteiger partial charge in [-0.1, -0.05) is 12.1 Å². The standard InChI is InChI=1S/C16H22BrN3O3/c1-2-23-16(22)20-11-9-19(10-12-20)15(21)7-8-18-14-6-4-3-5-13(14)17/h3-6,18H,2,7-12H2,1H3. The molecule has 6 nitrogen and oxygen atoms in total. The largest absolute Gasteiger partial charge is 0.450 e. The lowest BCUT2D eigenvalue weighted by atomic mass is 10.2. The van der Waals surface area contributed by atoms with Gasteiger partial charge in [0.05, 0.1) is 6.61 Å². The quantitative estimate of drug-likeness (QED) is 0.848. The second kappa shape index (κ2) is 8.76. The minimum absolute atomic E-state index is 0.105. The van der Waals surface area contributed by atoms with Crippen LogP contribution in [0, 0.1) is 0 Å². The molecule has 1 aromatic rings. The van der Waals surface area contributed by atoms with Crippen LogP contribution in [0.4, 0.5) is 10.5 Å². The van der Waals surface area contributed by atoms with Crippen LogP contribution in [0.1, 0.15) is 13.3 Å². The first-order valence-electron chi connectivity index (χ1n) is 7.79. The minimum Gasteiger partial charge on any atom is -0.450 e. The molecule has 1 aromatic carbocycles. The Hall–Kier alpha value is -1.76. The number of ether oxygens (including phenoxy) is 1. The zero-order valence-electron chi connectivity index (χ0n) is 13.3. The van der Waals surface area contributed by atoms with Gasteiger partial charge in [-0.15, -0.1) is 0 Å². The number of halogens is 1. The number of rotatable bonds is 5.